The van der Waals surface area contributed by atoms with E-state index in [0.29, 0.717) is 17.1 Å². The van der Waals surface area contributed by atoms with Crippen molar-refractivity contribution in [1.82, 2.24) is 4.98 Å². The van der Waals surface area contributed by atoms with Crippen LogP contribution in [0.5, 0.6) is 5.75 Å². The molecule has 4 heteroatoms. The van der Waals surface area contributed by atoms with Gasteiger partial charge in [0, 0.05) is 18.2 Å². The van der Waals surface area contributed by atoms with Gasteiger partial charge in [0.2, 0.25) is 0 Å². The van der Waals surface area contributed by atoms with Crippen molar-refractivity contribution in [3.8, 4) is 5.75 Å². The van der Waals surface area contributed by atoms with Gasteiger partial charge in [-0.1, -0.05) is 6.92 Å². The molecule has 1 atom stereocenters. The van der Waals surface area contributed by atoms with Gasteiger partial charge in [-0.15, -0.1) is 0 Å². The van der Waals surface area contributed by atoms with Gasteiger partial charge in [-0.25, -0.2) is 0 Å². The third-order valence-corrected chi connectivity index (χ3v) is 2.59. The number of furan rings is 1. The van der Waals surface area contributed by atoms with E-state index >= 15 is 0 Å². The highest BCUT2D eigenvalue weighted by Gasteiger charge is 2.15. The molecule has 0 spiro atoms. The van der Waals surface area contributed by atoms with Crippen molar-refractivity contribution in [2.45, 2.75) is 19.4 Å². The van der Waals surface area contributed by atoms with Crippen molar-refractivity contribution in [3.05, 3.63) is 47.7 Å². The van der Waals surface area contributed by atoms with Crippen LogP contribution in [0, 0.1) is 0 Å². The third-order valence-electron chi connectivity index (χ3n) is 2.59. The van der Waals surface area contributed by atoms with E-state index in [1.54, 1.807) is 31.6 Å². The number of aliphatic hydroxyl groups is 1. The van der Waals surface area contributed by atoms with Crippen LogP contribution < -0.4 is 4.74 Å². The molecule has 4 nitrogen and oxygen atoms in total. The molecule has 2 aromatic heterocycles. The van der Waals surface area contributed by atoms with Gasteiger partial charge in [0.05, 0.1) is 13.3 Å². The average Bonchev–Trinajstić information content (AvgIpc) is 2.86. The van der Waals surface area contributed by atoms with Crippen LogP contribution in [0.15, 0.2) is 35.0 Å². The summed E-state index contributed by atoms with van der Waals surface area (Å²) >= 11 is 0. The molecule has 90 valence electrons. The number of nitrogens with zero attached hydrogens (tertiary/aromatic N) is 1. The summed E-state index contributed by atoms with van der Waals surface area (Å²) in [6.07, 6.45) is 3.19. The fraction of sp³-hybridized carbons (Fsp3) is 0.308. The Morgan fingerprint density at radius 3 is 2.88 bits per heavy atom. The monoisotopic (exact) mass is 233 g/mol. The van der Waals surface area contributed by atoms with Crippen LogP contribution in [-0.4, -0.2) is 17.2 Å². The molecule has 0 amide bonds. The number of methoxy groups -OCH3 is 1. The number of pyridine rings is 1. The van der Waals surface area contributed by atoms with E-state index in [9.17, 15) is 5.11 Å². The second-order valence-corrected chi connectivity index (χ2v) is 3.72. The Kier molecular flexibility index (Phi) is 3.44. The maximum Gasteiger partial charge on any atom is 0.138 e. The quantitative estimate of drug-likeness (QED) is 0.880. The molecule has 0 aliphatic carbocycles. The molecular weight excluding hydrogens is 218 g/mol. The van der Waals surface area contributed by atoms with Gasteiger partial charge in [-0.3, -0.25) is 4.98 Å². The van der Waals surface area contributed by atoms with Gasteiger partial charge >= 0.3 is 0 Å². The molecule has 0 aliphatic heterocycles. The number of ether oxygens (including phenoxy) is 1. The lowest BCUT2D eigenvalue weighted by atomic mass is 10.1. The van der Waals surface area contributed by atoms with E-state index in [0.717, 1.165) is 12.2 Å². The molecule has 0 fully saturated rings. The van der Waals surface area contributed by atoms with Crippen molar-refractivity contribution in [1.29, 1.82) is 0 Å². The van der Waals surface area contributed by atoms with Crippen LogP contribution in [0.4, 0.5) is 0 Å². The Morgan fingerprint density at radius 2 is 2.24 bits per heavy atom. The smallest absolute Gasteiger partial charge is 0.138 e. The van der Waals surface area contributed by atoms with Crippen LogP contribution >= 0.6 is 0 Å². The van der Waals surface area contributed by atoms with E-state index in [2.05, 4.69) is 4.98 Å². The third kappa shape index (κ3) is 2.47. The second kappa shape index (κ2) is 5.01. The standard InChI is InChI=1S/C13H15NO3/c1-3-10-4-5-12(17-10)13(15)9-6-11(16-2)8-14-7-9/h4-8,13,15H,3H2,1-2H3. The van der Waals surface area contributed by atoms with Gasteiger partial charge in [0.15, 0.2) is 0 Å². The van der Waals surface area contributed by atoms with Gasteiger partial charge in [-0.2, -0.15) is 0 Å². The molecule has 0 bridgehead atoms. The molecular formula is C13H15NO3. The first kappa shape index (κ1) is 11.7. The van der Waals surface area contributed by atoms with E-state index in [-0.39, 0.29) is 0 Å². The molecule has 0 saturated heterocycles. The molecule has 17 heavy (non-hydrogen) atoms. The first-order chi connectivity index (χ1) is 8.24. The van der Waals surface area contributed by atoms with Crippen LogP contribution in [0.3, 0.4) is 0 Å². The minimum atomic E-state index is -0.808. The molecule has 0 radical (unpaired) electrons. The Morgan fingerprint density at radius 1 is 1.41 bits per heavy atom. The van der Waals surface area contributed by atoms with Gasteiger partial charge < -0.3 is 14.3 Å². The summed E-state index contributed by atoms with van der Waals surface area (Å²) < 4.78 is 10.6. The highest BCUT2D eigenvalue weighted by atomic mass is 16.5. The van der Waals surface area contributed by atoms with E-state index < -0.39 is 6.10 Å². The zero-order valence-electron chi connectivity index (χ0n) is 9.88. The van der Waals surface area contributed by atoms with Crippen molar-refractivity contribution < 1.29 is 14.3 Å². The fourth-order valence-electron chi connectivity index (χ4n) is 1.59. The molecule has 2 heterocycles. The molecule has 2 aromatic rings. The van der Waals surface area contributed by atoms with Crippen molar-refractivity contribution in [2.24, 2.45) is 0 Å². The molecule has 0 aliphatic rings. The maximum absolute atomic E-state index is 10.1. The summed E-state index contributed by atoms with van der Waals surface area (Å²) in [5.74, 6) is 2.00. The number of aryl methyl sites for hydroxylation is 1. The summed E-state index contributed by atoms with van der Waals surface area (Å²) in [5.41, 5.74) is 0.654. The molecule has 0 aromatic carbocycles. The first-order valence-electron chi connectivity index (χ1n) is 5.50. The molecule has 1 unspecified atom stereocenters. The topological polar surface area (TPSA) is 55.5 Å². The van der Waals surface area contributed by atoms with Crippen molar-refractivity contribution >= 4 is 0 Å². The lowest BCUT2D eigenvalue weighted by Crippen LogP contribution is -1.99. The summed E-state index contributed by atoms with van der Waals surface area (Å²) in [6, 6.07) is 5.39. The van der Waals surface area contributed by atoms with Crippen LogP contribution in [0.25, 0.3) is 0 Å². The van der Waals surface area contributed by atoms with Crippen LogP contribution in [0.2, 0.25) is 0 Å². The Labute approximate surface area is 99.9 Å². The summed E-state index contributed by atoms with van der Waals surface area (Å²) in [6.45, 7) is 2.00. The number of aromatic nitrogens is 1. The van der Waals surface area contributed by atoms with Crippen LogP contribution in [0.1, 0.15) is 30.1 Å². The van der Waals surface area contributed by atoms with Crippen LogP contribution in [-0.2, 0) is 6.42 Å². The summed E-state index contributed by atoms with van der Waals surface area (Å²) in [7, 11) is 1.56. The largest absolute Gasteiger partial charge is 0.495 e. The minimum absolute atomic E-state index is 0.525. The van der Waals surface area contributed by atoms with Crippen molar-refractivity contribution in [3.63, 3.8) is 0 Å². The predicted molar refractivity (Wildman–Crippen MR) is 62.9 cm³/mol. The first-order valence-corrected chi connectivity index (χ1v) is 5.50. The molecule has 2 rings (SSSR count). The number of aliphatic hydroxyl groups excluding tert-OH is 1. The molecule has 0 saturated carbocycles. The predicted octanol–water partition coefficient (Wildman–Crippen LogP) is 2.33. The van der Waals surface area contributed by atoms with E-state index in [1.807, 2.05) is 13.0 Å². The molecule has 1 N–H and O–H groups in total. The van der Waals surface area contributed by atoms with E-state index in [1.165, 1.54) is 0 Å². The summed E-state index contributed by atoms with van der Waals surface area (Å²) in [4.78, 5) is 4.00. The number of rotatable bonds is 4. The Hall–Kier alpha value is -1.81. The van der Waals surface area contributed by atoms with Crippen molar-refractivity contribution in [2.75, 3.05) is 7.11 Å². The van der Waals surface area contributed by atoms with Gasteiger partial charge in [0.25, 0.3) is 0 Å². The minimum Gasteiger partial charge on any atom is -0.495 e. The van der Waals surface area contributed by atoms with Gasteiger partial charge in [-0.05, 0) is 18.2 Å². The second-order valence-electron chi connectivity index (χ2n) is 3.72. The Balaban J connectivity index is 2.26. The highest BCUT2D eigenvalue weighted by molar-refractivity contribution is 5.29. The number of hydrogen-bond acceptors (Lipinski definition) is 4. The Bertz CT molecular complexity index is 493. The average molecular weight is 233 g/mol. The zero-order chi connectivity index (χ0) is 12.3. The van der Waals surface area contributed by atoms with E-state index in [4.69, 9.17) is 9.15 Å². The maximum atomic E-state index is 10.1. The summed E-state index contributed by atoms with van der Waals surface area (Å²) in [5, 5.41) is 10.1. The lowest BCUT2D eigenvalue weighted by molar-refractivity contribution is 0.186. The lowest BCUT2D eigenvalue weighted by Gasteiger charge is -2.08. The van der Waals surface area contributed by atoms with Gasteiger partial charge in [0.1, 0.15) is 23.4 Å². The number of hydrogen-bond donors (Lipinski definition) is 1. The fourth-order valence-corrected chi connectivity index (χ4v) is 1.59. The highest BCUT2D eigenvalue weighted by Crippen LogP contribution is 2.25. The SMILES string of the molecule is CCc1ccc(C(O)c2cncc(OC)c2)o1. The normalized spacial score (nSPS) is 12.4. The zero-order valence-corrected chi connectivity index (χ0v) is 9.88.